The van der Waals surface area contributed by atoms with E-state index in [1.54, 1.807) is 0 Å². The third-order valence-electron chi connectivity index (χ3n) is 3.76. The minimum absolute atomic E-state index is 0.738. The Hall–Kier alpha value is -1.67. The van der Waals surface area contributed by atoms with E-state index >= 15 is 0 Å². The summed E-state index contributed by atoms with van der Waals surface area (Å²) in [5.41, 5.74) is 4.39. The van der Waals surface area contributed by atoms with Crippen LogP contribution in [-0.2, 0) is 5.60 Å². The van der Waals surface area contributed by atoms with Gasteiger partial charge in [0.15, 0.2) is 0 Å². The van der Waals surface area contributed by atoms with Gasteiger partial charge in [0.05, 0.1) is 0 Å². The number of pyridine rings is 1. The Labute approximate surface area is 107 Å². The number of rotatable bonds is 2. The molecule has 0 bridgehead atoms. The average molecular weight is 239 g/mol. The Morgan fingerprint density at radius 3 is 2.72 bits per heavy atom. The zero-order valence-corrected chi connectivity index (χ0v) is 10.8. The summed E-state index contributed by atoms with van der Waals surface area (Å²) in [6.07, 6.45) is 3.51. The molecule has 0 radical (unpaired) electrons. The molecule has 2 aromatic rings. The summed E-state index contributed by atoms with van der Waals surface area (Å²) in [5.74, 6) is 0. The van der Waals surface area contributed by atoms with Crippen LogP contribution in [0.15, 0.2) is 36.5 Å². The first-order valence-electron chi connectivity index (χ1n) is 6.46. The standard InChI is InChI=1S/C16H17NO/c1-3-8-16(18)14-7-5-4-6-12(14)13-9-11(2)17-10-15(13)16/h4-7,9-10,18H,3,8H2,1-2H3. The van der Waals surface area contributed by atoms with Crippen molar-refractivity contribution < 1.29 is 5.11 Å². The van der Waals surface area contributed by atoms with Crippen LogP contribution in [0, 0.1) is 6.92 Å². The molecule has 0 aliphatic heterocycles. The molecule has 0 saturated heterocycles. The van der Waals surface area contributed by atoms with Gasteiger partial charge < -0.3 is 5.11 Å². The first-order chi connectivity index (χ1) is 8.66. The van der Waals surface area contributed by atoms with E-state index in [0.717, 1.165) is 40.8 Å². The fraction of sp³-hybridized carbons (Fsp3) is 0.312. The lowest BCUT2D eigenvalue weighted by Crippen LogP contribution is -2.24. The van der Waals surface area contributed by atoms with Crippen LogP contribution < -0.4 is 0 Å². The zero-order valence-electron chi connectivity index (χ0n) is 10.8. The maximum atomic E-state index is 11.0. The maximum Gasteiger partial charge on any atom is 0.117 e. The highest BCUT2D eigenvalue weighted by molar-refractivity contribution is 5.79. The van der Waals surface area contributed by atoms with E-state index in [4.69, 9.17) is 0 Å². The second kappa shape index (κ2) is 3.92. The minimum Gasteiger partial charge on any atom is -0.380 e. The van der Waals surface area contributed by atoms with Crippen molar-refractivity contribution in [1.29, 1.82) is 0 Å². The first-order valence-corrected chi connectivity index (χ1v) is 6.46. The summed E-state index contributed by atoms with van der Waals surface area (Å²) < 4.78 is 0. The van der Waals surface area contributed by atoms with Gasteiger partial charge in [-0.05, 0) is 36.1 Å². The van der Waals surface area contributed by atoms with Crippen LogP contribution in [0.2, 0.25) is 0 Å². The molecule has 0 fully saturated rings. The topological polar surface area (TPSA) is 33.1 Å². The fourth-order valence-corrected chi connectivity index (χ4v) is 2.97. The van der Waals surface area contributed by atoms with Crippen LogP contribution in [0.1, 0.15) is 36.6 Å². The summed E-state index contributed by atoms with van der Waals surface area (Å²) in [4.78, 5) is 4.35. The lowest BCUT2D eigenvalue weighted by Gasteiger charge is -2.24. The van der Waals surface area contributed by atoms with Crippen molar-refractivity contribution in [2.75, 3.05) is 0 Å². The molecule has 0 saturated carbocycles. The van der Waals surface area contributed by atoms with Crippen molar-refractivity contribution in [3.8, 4) is 11.1 Å². The van der Waals surface area contributed by atoms with Crippen molar-refractivity contribution in [2.45, 2.75) is 32.3 Å². The van der Waals surface area contributed by atoms with Gasteiger partial charge in [-0.25, -0.2) is 0 Å². The maximum absolute atomic E-state index is 11.0. The smallest absolute Gasteiger partial charge is 0.117 e. The highest BCUT2D eigenvalue weighted by atomic mass is 16.3. The van der Waals surface area contributed by atoms with Gasteiger partial charge in [-0.3, -0.25) is 4.98 Å². The number of nitrogens with zero attached hydrogens (tertiary/aromatic N) is 1. The van der Waals surface area contributed by atoms with Crippen molar-refractivity contribution in [3.05, 3.63) is 53.3 Å². The first kappa shape index (κ1) is 11.4. The summed E-state index contributed by atoms with van der Waals surface area (Å²) in [6.45, 7) is 4.08. The minimum atomic E-state index is -0.860. The Kier molecular flexibility index (Phi) is 2.49. The van der Waals surface area contributed by atoms with Gasteiger partial charge >= 0.3 is 0 Å². The fourth-order valence-electron chi connectivity index (χ4n) is 2.97. The molecule has 3 rings (SSSR count). The Bertz CT molecular complexity index is 606. The summed E-state index contributed by atoms with van der Waals surface area (Å²) in [7, 11) is 0. The van der Waals surface area contributed by atoms with Gasteiger partial charge in [0, 0.05) is 17.5 Å². The normalized spacial score (nSPS) is 20.6. The third-order valence-corrected chi connectivity index (χ3v) is 3.76. The van der Waals surface area contributed by atoms with Crippen LogP contribution in [0.5, 0.6) is 0 Å². The summed E-state index contributed by atoms with van der Waals surface area (Å²) >= 11 is 0. The van der Waals surface area contributed by atoms with E-state index in [9.17, 15) is 5.11 Å². The van der Waals surface area contributed by atoms with E-state index in [-0.39, 0.29) is 0 Å². The van der Waals surface area contributed by atoms with E-state index in [0.29, 0.717) is 0 Å². The van der Waals surface area contributed by atoms with Gasteiger partial charge in [-0.15, -0.1) is 0 Å². The molecule has 1 aliphatic carbocycles. The van der Waals surface area contributed by atoms with Crippen LogP contribution in [0.3, 0.4) is 0 Å². The molecule has 1 heterocycles. The van der Waals surface area contributed by atoms with Gasteiger partial charge in [-0.1, -0.05) is 37.6 Å². The van der Waals surface area contributed by atoms with Crippen LogP contribution in [0.4, 0.5) is 0 Å². The Morgan fingerprint density at radius 2 is 1.94 bits per heavy atom. The SMILES string of the molecule is CCCC1(O)c2ccccc2-c2cc(C)ncc21. The van der Waals surface area contributed by atoms with E-state index < -0.39 is 5.60 Å². The number of aryl methyl sites for hydroxylation is 1. The van der Waals surface area contributed by atoms with Gasteiger partial charge in [0.25, 0.3) is 0 Å². The highest BCUT2D eigenvalue weighted by Gasteiger charge is 2.40. The molecule has 1 aliphatic rings. The second-order valence-corrected chi connectivity index (χ2v) is 5.03. The molecule has 1 unspecified atom stereocenters. The molecule has 2 nitrogen and oxygen atoms in total. The van der Waals surface area contributed by atoms with Gasteiger partial charge in [0.2, 0.25) is 0 Å². The quantitative estimate of drug-likeness (QED) is 0.871. The Balaban J connectivity index is 2.31. The molecular weight excluding hydrogens is 222 g/mol. The number of hydrogen-bond donors (Lipinski definition) is 1. The second-order valence-electron chi connectivity index (χ2n) is 5.03. The molecule has 2 heteroatoms. The lowest BCUT2D eigenvalue weighted by molar-refractivity contribution is 0.0746. The van der Waals surface area contributed by atoms with Crippen LogP contribution >= 0.6 is 0 Å². The van der Waals surface area contributed by atoms with Crippen LogP contribution in [0.25, 0.3) is 11.1 Å². The molecular formula is C16H17NO. The molecule has 1 aromatic heterocycles. The van der Waals surface area contributed by atoms with Crippen molar-refractivity contribution in [2.24, 2.45) is 0 Å². The number of aromatic nitrogens is 1. The predicted molar refractivity (Wildman–Crippen MR) is 72.3 cm³/mol. The number of hydrogen-bond acceptors (Lipinski definition) is 2. The molecule has 18 heavy (non-hydrogen) atoms. The van der Waals surface area contributed by atoms with E-state index in [1.165, 1.54) is 0 Å². The van der Waals surface area contributed by atoms with E-state index in [2.05, 4.69) is 24.0 Å². The molecule has 1 aromatic carbocycles. The van der Waals surface area contributed by atoms with Crippen LogP contribution in [-0.4, -0.2) is 10.1 Å². The zero-order chi connectivity index (χ0) is 12.8. The largest absolute Gasteiger partial charge is 0.380 e. The monoisotopic (exact) mass is 239 g/mol. The summed E-state index contributed by atoms with van der Waals surface area (Å²) in [5, 5.41) is 11.0. The van der Waals surface area contributed by atoms with Crippen molar-refractivity contribution >= 4 is 0 Å². The molecule has 1 N–H and O–H groups in total. The number of benzene rings is 1. The van der Waals surface area contributed by atoms with Gasteiger partial charge in [0.1, 0.15) is 5.60 Å². The van der Waals surface area contributed by atoms with E-state index in [1.807, 2.05) is 31.3 Å². The number of fused-ring (bicyclic) bond motifs is 3. The third kappa shape index (κ3) is 1.42. The average Bonchev–Trinajstić information content (AvgIpc) is 2.61. The van der Waals surface area contributed by atoms with Crippen molar-refractivity contribution in [3.63, 3.8) is 0 Å². The molecule has 1 atom stereocenters. The summed E-state index contributed by atoms with van der Waals surface area (Å²) in [6, 6.07) is 10.2. The highest BCUT2D eigenvalue weighted by Crippen LogP contribution is 2.49. The van der Waals surface area contributed by atoms with Gasteiger partial charge in [-0.2, -0.15) is 0 Å². The Morgan fingerprint density at radius 1 is 1.17 bits per heavy atom. The van der Waals surface area contributed by atoms with Crippen molar-refractivity contribution in [1.82, 2.24) is 4.98 Å². The molecule has 0 amide bonds. The number of aliphatic hydroxyl groups is 1. The molecule has 0 spiro atoms. The predicted octanol–water partition coefficient (Wildman–Crippen LogP) is 3.41. The molecule has 92 valence electrons. The lowest BCUT2D eigenvalue weighted by atomic mass is 9.88.